The van der Waals surface area contributed by atoms with Crippen molar-refractivity contribution in [1.82, 2.24) is 5.43 Å². The molecule has 102 valence electrons. The lowest BCUT2D eigenvalue weighted by Gasteiger charge is -2.22. The monoisotopic (exact) mass is 268 g/mol. The molecule has 0 aliphatic carbocycles. The number of para-hydroxylation sites is 1. The number of rotatable bonds is 1. The molecule has 0 bridgehead atoms. The van der Waals surface area contributed by atoms with Gasteiger partial charge < -0.3 is 9.84 Å². The molecule has 2 N–H and O–H groups in total. The maximum Gasteiger partial charge on any atom is 0.424 e. The van der Waals surface area contributed by atoms with Crippen molar-refractivity contribution in [1.29, 1.82) is 0 Å². The predicted molar refractivity (Wildman–Crippen MR) is 65.0 cm³/mol. The SMILES string of the molecule is CC1(C)Cc2cccc(N(NC(=O)O)C(=O)F)c2O1. The first-order valence-electron chi connectivity index (χ1n) is 5.60. The van der Waals surface area contributed by atoms with Crippen LogP contribution in [0.25, 0.3) is 0 Å². The highest BCUT2D eigenvalue weighted by atomic mass is 19.1. The van der Waals surface area contributed by atoms with Crippen LogP contribution in [0.3, 0.4) is 0 Å². The van der Waals surface area contributed by atoms with E-state index in [2.05, 4.69) is 0 Å². The molecule has 1 aromatic carbocycles. The van der Waals surface area contributed by atoms with E-state index in [1.165, 1.54) is 6.07 Å². The topological polar surface area (TPSA) is 78.9 Å². The Bertz CT molecular complexity index is 545. The number of nitrogens with zero attached hydrogens (tertiary/aromatic N) is 1. The summed E-state index contributed by atoms with van der Waals surface area (Å²) in [7, 11) is 0. The number of carbonyl (C=O) groups excluding carboxylic acids is 1. The molecule has 1 heterocycles. The smallest absolute Gasteiger partial charge is 0.424 e. The van der Waals surface area contributed by atoms with Gasteiger partial charge in [-0.15, -0.1) is 4.39 Å². The van der Waals surface area contributed by atoms with Gasteiger partial charge in [0, 0.05) is 12.0 Å². The number of ether oxygens (including phenoxy) is 1. The van der Waals surface area contributed by atoms with Crippen LogP contribution in [0.2, 0.25) is 0 Å². The number of anilines is 1. The van der Waals surface area contributed by atoms with E-state index in [1.54, 1.807) is 17.6 Å². The van der Waals surface area contributed by atoms with Crippen molar-refractivity contribution in [2.24, 2.45) is 0 Å². The van der Waals surface area contributed by atoms with Crippen LogP contribution in [0.4, 0.5) is 19.7 Å². The van der Waals surface area contributed by atoms with Crippen LogP contribution in [-0.4, -0.2) is 23.0 Å². The second-order valence-corrected chi connectivity index (χ2v) is 4.81. The minimum Gasteiger partial charge on any atom is -0.485 e. The standard InChI is InChI=1S/C12H13FN2O4/c1-12(2)6-7-4-3-5-8(9(7)19-12)15(10(13)16)14-11(17)18/h3-5,14H,6H2,1-2H3,(H,17,18). The number of halogens is 1. The molecule has 0 radical (unpaired) electrons. The van der Waals surface area contributed by atoms with Crippen LogP contribution >= 0.6 is 0 Å². The Balaban J connectivity index is 2.43. The van der Waals surface area contributed by atoms with Crippen LogP contribution in [-0.2, 0) is 6.42 Å². The fourth-order valence-corrected chi connectivity index (χ4v) is 2.07. The molecule has 1 aromatic rings. The van der Waals surface area contributed by atoms with Crippen molar-refractivity contribution < 1.29 is 23.8 Å². The average Bonchev–Trinajstić information content (AvgIpc) is 2.59. The molecule has 0 unspecified atom stereocenters. The maximum atomic E-state index is 13.0. The lowest BCUT2D eigenvalue weighted by Crippen LogP contribution is -2.44. The zero-order valence-corrected chi connectivity index (χ0v) is 10.4. The first-order valence-corrected chi connectivity index (χ1v) is 5.60. The molecule has 7 heteroatoms. The first kappa shape index (κ1) is 13.1. The van der Waals surface area contributed by atoms with E-state index in [0.29, 0.717) is 17.2 Å². The summed E-state index contributed by atoms with van der Waals surface area (Å²) in [6.07, 6.45) is -2.87. The number of carbonyl (C=O) groups is 2. The van der Waals surface area contributed by atoms with E-state index >= 15 is 0 Å². The van der Waals surface area contributed by atoms with Crippen molar-refractivity contribution in [3.05, 3.63) is 23.8 Å². The number of fused-ring (bicyclic) bond motifs is 1. The Labute approximate surface area is 108 Å². The number of hydrogen-bond acceptors (Lipinski definition) is 3. The Morgan fingerprint density at radius 3 is 2.74 bits per heavy atom. The summed E-state index contributed by atoms with van der Waals surface area (Å²) in [5, 5.41) is 8.94. The summed E-state index contributed by atoms with van der Waals surface area (Å²) in [6.45, 7) is 3.70. The molecule has 2 amide bonds. The zero-order chi connectivity index (χ0) is 14.2. The van der Waals surface area contributed by atoms with E-state index in [-0.39, 0.29) is 5.69 Å². The van der Waals surface area contributed by atoms with E-state index < -0.39 is 17.9 Å². The molecular formula is C12H13FN2O4. The Morgan fingerprint density at radius 2 is 2.16 bits per heavy atom. The number of hydrazine groups is 1. The van der Waals surface area contributed by atoms with Crippen LogP contribution in [0.1, 0.15) is 19.4 Å². The van der Waals surface area contributed by atoms with Crippen LogP contribution in [0.15, 0.2) is 18.2 Å². The highest BCUT2D eigenvalue weighted by Crippen LogP contribution is 2.41. The zero-order valence-electron chi connectivity index (χ0n) is 10.4. The maximum absolute atomic E-state index is 13.0. The summed E-state index contributed by atoms with van der Waals surface area (Å²) in [5.74, 6) is 0.312. The number of nitrogens with one attached hydrogen (secondary N) is 1. The van der Waals surface area contributed by atoms with Crippen molar-refractivity contribution in [2.45, 2.75) is 25.9 Å². The molecule has 0 spiro atoms. The quantitative estimate of drug-likeness (QED) is 0.466. The summed E-state index contributed by atoms with van der Waals surface area (Å²) < 4.78 is 18.6. The van der Waals surface area contributed by atoms with Gasteiger partial charge >= 0.3 is 12.3 Å². The van der Waals surface area contributed by atoms with Crippen molar-refractivity contribution in [3.63, 3.8) is 0 Å². The third kappa shape index (κ3) is 2.59. The van der Waals surface area contributed by atoms with Crippen LogP contribution in [0, 0.1) is 0 Å². The highest BCUT2D eigenvalue weighted by molar-refractivity contribution is 5.91. The molecule has 0 fully saturated rings. The third-order valence-electron chi connectivity index (χ3n) is 2.69. The van der Waals surface area contributed by atoms with Gasteiger partial charge in [-0.05, 0) is 19.9 Å². The van der Waals surface area contributed by atoms with Gasteiger partial charge in [-0.1, -0.05) is 12.1 Å². The lowest BCUT2D eigenvalue weighted by atomic mass is 10.0. The van der Waals surface area contributed by atoms with Gasteiger partial charge in [0.1, 0.15) is 17.0 Å². The molecule has 19 heavy (non-hydrogen) atoms. The van der Waals surface area contributed by atoms with Crippen LogP contribution in [0.5, 0.6) is 5.75 Å². The minimum atomic E-state index is -1.93. The third-order valence-corrected chi connectivity index (χ3v) is 2.69. The van der Waals surface area contributed by atoms with E-state index in [4.69, 9.17) is 9.84 Å². The summed E-state index contributed by atoms with van der Waals surface area (Å²) in [6, 6.07) is 4.81. The molecule has 0 aromatic heterocycles. The molecular weight excluding hydrogens is 255 g/mol. The van der Waals surface area contributed by atoms with Gasteiger partial charge in [0.2, 0.25) is 0 Å². The number of amides is 2. The molecule has 0 saturated carbocycles. The van der Waals surface area contributed by atoms with Crippen molar-refractivity contribution in [2.75, 3.05) is 5.01 Å². The van der Waals surface area contributed by atoms with Crippen molar-refractivity contribution in [3.8, 4) is 5.75 Å². The summed E-state index contributed by atoms with van der Waals surface area (Å²) in [5.41, 5.74) is 2.05. The van der Waals surface area contributed by atoms with Crippen LogP contribution < -0.4 is 15.2 Å². The van der Waals surface area contributed by atoms with Gasteiger partial charge in [-0.3, -0.25) is 0 Å². The second-order valence-electron chi connectivity index (χ2n) is 4.81. The van der Waals surface area contributed by atoms with Gasteiger partial charge in [-0.25, -0.2) is 15.0 Å². The second kappa shape index (κ2) is 4.42. The number of carboxylic acid groups (broad SMARTS) is 1. The highest BCUT2D eigenvalue weighted by Gasteiger charge is 2.34. The number of hydrogen-bond donors (Lipinski definition) is 2. The van der Waals surface area contributed by atoms with Gasteiger partial charge in [0.05, 0.1) is 0 Å². The van der Waals surface area contributed by atoms with Gasteiger partial charge in [0.15, 0.2) is 0 Å². The Morgan fingerprint density at radius 1 is 1.47 bits per heavy atom. The minimum absolute atomic E-state index is 0.0398. The number of benzene rings is 1. The largest absolute Gasteiger partial charge is 0.485 e. The molecule has 0 atom stereocenters. The normalized spacial score (nSPS) is 15.3. The lowest BCUT2D eigenvalue weighted by molar-refractivity contribution is 0.138. The fraction of sp³-hybridized carbons (Fsp3) is 0.333. The van der Waals surface area contributed by atoms with Gasteiger partial charge in [-0.2, -0.15) is 5.01 Å². The van der Waals surface area contributed by atoms with Gasteiger partial charge in [0.25, 0.3) is 0 Å². The summed E-state index contributed by atoms with van der Waals surface area (Å²) >= 11 is 0. The Hall–Kier alpha value is -2.31. The molecule has 1 aliphatic heterocycles. The van der Waals surface area contributed by atoms with E-state index in [1.807, 2.05) is 13.8 Å². The van der Waals surface area contributed by atoms with E-state index in [9.17, 15) is 14.0 Å². The molecule has 1 aliphatic rings. The molecule has 0 saturated heterocycles. The van der Waals surface area contributed by atoms with E-state index in [0.717, 1.165) is 5.56 Å². The fourth-order valence-electron chi connectivity index (χ4n) is 2.07. The molecule has 2 rings (SSSR count). The van der Waals surface area contributed by atoms with Crippen molar-refractivity contribution >= 4 is 17.9 Å². The average molecular weight is 268 g/mol. The predicted octanol–water partition coefficient (Wildman–Crippen LogP) is 2.48. The first-order chi connectivity index (χ1) is 8.80. The Kier molecular flexibility index (Phi) is 3.05. The molecule has 6 nitrogen and oxygen atoms in total. The summed E-state index contributed by atoms with van der Waals surface area (Å²) in [4.78, 5) is 21.5.